The number of nitrogens with zero attached hydrogens (tertiary/aromatic N) is 1. The van der Waals surface area contributed by atoms with Crippen LogP contribution in [0.25, 0.3) is 0 Å². The molecule has 0 aliphatic heterocycles. The number of rotatable bonds is 4. The van der Waals surface area contributed by atoms with E-state index in [1.807, 2.05) is 18.2 Å². The van der Waals surface area contributed by atoms with Crippen molar-refractivity contribution in [3.63, 3.8) is 0 Å². The van der Waals surface area contributed by atoms with Crippen molar-refractivity contribution < 1.29 is 9.90 Å². The van der Waals surface area contributed by atoms with Crippen LogP contribution in [-0.2, 0) is 16.8 Å². The number of hydrogen-bond donors (Lipinski definition) is 1. The van der Waals surface area contributed by atoms with E-state index in [0.717, 1.165) is 31.4 Å². The molecule has 0 radical (unpaired) electrons. The minimum atomic E-state index is -0.771. The Morgan fingerprint density at radius 3 is 2.78 bits per heavy atom. The van der Waals surface area contributed by atoms with Gasteiger partial charge in [0.2, 0.25) is 0 Å². The van der Waals surface area contributed by atoms with Gasteiger partial charge in [0, 0.05) is 6.04 Å². The summed E-state index contributed by atoms with van der Waals surface area (Å²) >= 11 is 0. The summed E-state index contributed by atoms with van der Waals surface area (Å²) in [5.74, 6) is -0.679. The summed E-state index contributed by atoms with van der Waals surface area (Å²) in [7, 11) is 0. The van der Waals surface area contributed by atoms with Crippen LogP contribution in [0.15, 0.2) is 24.3 Å². The van der Waals surface area contributed by atoms with Crippen molar-refractivity contribution in [2.24, 2.45) is 0 Å². The first-order valence-electron chi connectivity index (χ1n) is 6.78. The number of likely N-dealkylation sites (N-methyl/N-ethyl adjacent to an activating group) is 1. The monoisotopic (exact) mass is 245 g/mol. The molecule has 1 aromatic carbocycles. The molecule has 0 bridgehead atoms. The van der Waals surface area contributed by atoms with Crippen molar-refractivity contribution in [3.8, 4) is 0 Å². The lowest BCUT2D eigenvalue weighted by molar-refractivity contribution is -0.153. The predicted molar refractivity (Wildman–Crippen MR) is 69.5 cm³/mol. The van der Waals surface area contributed by atoms with Gasteiger partial charge in [-0.1, -0.05) is 31.2 Å². The Hall–Kier alpha value is -1.35. The second kappa shape index (κ2) is 4.09. The molecule has 1 N–H and O–H groups in total. The van der Waals surface area contributed by atoms with Gasteiger partial charge in [-0.15, -0.1) is 0 Å². The summed E-state index contributed by atoms with van der Waals surface area (Å²) < 4.78 is 0. The molecule has 0 amide bonds. The van der Waals surface area contributed by atoms with E-state index in [-0.39, 0.29) is 0 Å². The zero-order valence-corrected chi connectivity index (χ0v) is 10.7. The zero-order valence-electron chi connectivity index (χ0n) is 10.7. The van der Waals surface area contributed by atoms with Gasteiger partial charge in [0.15, 0.2) is 0 Å². The molecule has 3 rings (SSSR count). The molecule has 0 spiro atoms. The minimum Gasteiger partial charge on any atom is -0.480 e. The third kappa shape index (κ3) is 1.50. The van der Waals surface area contributed by atoms with Gasteiger partial charge in [-0.2, -0.15) is 0 Å². The fourth-order valence-corrected chi connectivity index (χ4v) is 3.46. The molecule has 1 saturated carbocycles. The molecule has 0 heterocycles. The molecule has 18 heavy (non-hydrogen) atoms. The molecular weight excluding hydrogens is 226 g/mol. The van der Waals surface area contributed by atoms with Crippen molar-refractivity contribution in [2.45, 2.75) is 44.2 Å². The Balaban J connectivity index is 2.11. The summed E-state index contributed by atoms with van der Waals surface area (Å²) in [5.41, 5.74) is 1.46. The number of benzene rings is 1. The molecule has 3 heteroatoms. The molecule has 0 aromatic heterocycles. The summed E-state index contributed by atoms with van der Waals surface area (Å²) in [6.07, 6.45) is 3.88. The lowest BCUT2D eigenvalue weighted by atomic mass is 9.89. The SMILES string of the molecule is CCN(C1CC1)C1(C(=O)O)CCc2ccccc21. The van der Waals surface area contributed by atoms with Crippen molar-refractivity contribution in [2.75, 3.05) is 6.54 Å². The topological polar surface area (TPSA) is 40.5 Å². The molecule has 1 aromatic rings. The predicted octanol–water partition coefficient (Wildman–Crippen LogP) is 2.40. The highest BCUT2D eigenvalue weighted by Crippen LogP contribution is 2.46. The molecule has 1 fully saturated rings. The minimum absolute atomic E-state index is 0.470. The Labute approximate surface area is 107 Å². The van der Waals surface area contributed by atoms with Crippen LogP contribution in [0.3, 0.4) is 0 Å². The van der Waals surface area contributed by atoms with Gasteiger partial charge >= 0.3 is 5.97 Å². The van der Waals surface area contributed by atoms with Crippen LogP contribution in [0.4, 0.5) is 0 Å². The second-order valence-corrected chi connectivity index (χ2v) is 5.34. The third-order valence-corrected chi connectivity index (χ3v) is 4.39. The normalized spacial score (nSPS) is 26.3. The van der Waals surface area contributed by atoms with E-state index in [1.165, 1.54) is 5.56 Å². The van der Waals surface area contributed by atoms with Gasteiger partial charge in [0.1, 0.15) is 5.54 Å². The van der Waals surface area contributed by atoms with E-state index in [2.05, 4.69) is 17.9 Å². The van der Waals surface area contributed by atoms with Gasteiger partial charge in [-0.3, -0.25) is 4.90 Å². The number of aryl methyl sites for hydroxylation is 1. The molecule has 2 aliphatic carbocycles. The van der Waals surface area contributed by atoms with Gasteiger partial charge in [-0.05, 0) is 43.4 Å². The highest BCUT2D eigenvalue weighted by molar-refractivity contribution is 5.82. The number of aliphatic carboxylic acids is 1. The Morgan fingerprint density at radius 2 is 2.17 bits per heavy atom. The smallest absolute Gasteiger partial charge is 0.328 e. The first-order chi connectivity index (χ1) is 8.70. The van der Waals surface area contributed by atoms with Crippen LogP contribution in [0.5, 0.6) is 0 Å². The number of carboxylic acids is 1. The van der Waals surface area contributed by atoms with Crippen LogP contribution >= 0.6 is 0 Å². The molecule has 96 valence electrons. The van der Waals surface area contributed by atoms with Crippen molar-refractivity contribution >= 4 is 5.97 Å². The fourth-order valence-electron chi connectivity index (χ4n) is 3.46. The molecular formula is C15H19NO2. The van der Waals surface area contributed by atoms with Crippen LogP contribution in [-0.4, -0.2) is 28.6 Å². The quantitative estimate of drug-likeness (QED) is 0.885. The van der Waals surface area contributed by atoms with Crippen LogP contribution in [0.2, 0.25) is 0 Å². The number of hydrogen-bond acceptors (Lipinski definition) is 2. The van der Waals surface area contributed by atoms with E-state index < -0.39 is 11.5 Å². The molecule has 1 unspecified atom stereocenters. The number of fused-ring (bicyclic) bond motifs is 1. The van der Waals surface area contributed by atoms with Crippen LogP contribution in [0.1, 0.15) is 37.3 Å². The average Bonchev–Trinajstić information content (AvgIpc) is 3.12. The third-order valence-electron chi connectivity index (χ3n) is 4.39. The van der Waals surface area contributed by atoms with E-state index >= 15 is 0 Å². The van der Waals surface area contributed by atoms with E-state index in [0.29, 0.717) is 12.5 Å². The zero-order chi connectivity index (χ0) is 12.8. The maximum atomic E-state index is 12.0. The first kappa shape index (κ1) is 11.7. The molecule has 0 saturated heterocycles. The van der Waals surface area contributed by atoms with E-state index in [1.54, 1.807) is 0 Å². The summed E-state index contributed by atoms with van der Waals surface area (Å²) in [6.45, 7) is 2.88. The fraction of sp³-hybridized carbons (Fsp3) is 0.533. The maximum Gasteiger partial charge on any atom is 0.328 e. The van der Waals surface area contributed by atoms with Crippen molar-refractivity contribution in [1.29, 1.82) is 0 Å². The summed E-state index contributed by atoms with van der Waals surface area (Å²) in [4.78, 5) is 14.2. The summed E-state index contributed by atoms with van der Waals surface area (Å²) in [6, 6.07) is 8.51. The van der Waals surface area contributed by atoms with Gasteiger partial charge in [0.05, 0.1) is 0 Å². The largest absolute Gasteiger partial charge is 0.480 e. The van der Waals surface area contributed by atoms with Gasteiger partial charge in [-0.25, -0.2) is 4.79 Å². The molecule has 1 atom stereocenters. The Kier molecular flexibility index (Phi) is 2.67. The number of carboxylic acid groups (broad SMARTS) is 1. The molecule has 3 nitrogen and oxygen atoms in total. The van der Waals surface area contributed by atoms with Crippen molar-refractivity contribution in [3.05, 3.63) is 35.4 Å². The standard InChI is InChI=1S/C15H19NO2/c1-2-16(12-7-8-12)15(14(17)18)10-9-11-5-3-4-6-13(11)15/h3-6,12H,2,7-10H2,1H3,(H,17,18). The highest BCUT2D eigenvalue weighted by atomic mass is 16.4. The van der Waals surface area contributed by atoms with Gasteiger partial charge in [0.25, 0.3) is 0 Å². The highest BCUT2D eigenvalue weighted by Gasteiger charge is 2.53. The summed E-state index contributed by atoms with van der Waals surface area (Å²) in [5, 5.41) is 9.85. The number of carbonyl (C=O) groups is 1. The maximum absolute atomic E-state index is 12.0. The van der Waals surface area contributed by atoms with E-state index in [4.69, 9.17) is 0 Å². The van der Waals surface area contributed by atoms with Crippen molar-refractivity contribution in [1.82, 2.24) is 4.90 Å². The Morgan fingerprint density at radius 1 is 1.44 bits per heavy atom. The van der Waals surface area contributed by atoms with Crippen LogP contribution in [0, 0.1) is 0 Å². The van der Waals surface area contributed by atoms with Crippen LogP contribution < -0.4 is 0 Å². The second-order valence-electron chi connectivity index (χ2n) is 5.34. The van der Waals surface area contributed by atoms with Gasteiger partial charge < -0.3 is 5.11 Å². The lowest BCUT2D eigenvalue weighted by Crippen LogP contribution is -2.51. The lowest BCUT2D eigenvalue weighted by Gasteiger charge is -2.38. The average molecular weight is 245 g/mol. The van der Waals surface area contributed by atoms with E-state index in [9.17, 15) is 9.90 Å². The Bertz CT molecular complexity index is 481. The molecule has 2 aliphatic rings. The first-order valence-corrected chi connectivity index (χ1v) is 6.78.